The van der Waals surface area contributed by atoms with Crippen LogP contribution in [-0.4, -0.2) is 77.5 Å². The number of methoxy groups -OCH3 is 1. The molecule has 7 nitrogen and oxygen atoms in total. The summed E-state index contributed by atoms with van der Waals surface area (Å²) in [6.45, 7) is 8.04. The number of anilines is 2. The van der Waals surface area contributed by atoms with Crippen LogP contribution in [-0.2, 0) is 11.3 Å². The Balaban J connectivity index is 1.29. The maximum atomic E-state index is 5.53. The highest BCUT2D eigenvalue weighted by molar-refractivity contribution is 5.80. The molecule has 2 heterocycles. The van der Waals surface area contributed by atoms with Crippen molar-refractivity contribution in [1.82, 2.24) is 10.2 Å². The van der Waals surface area contributed by atoms with E-state index in [4.69, 9.17) is 9.47 Å². The van der Waals surface area contributed by atoms with Crippen LogP contribution in [0.25, 0.3) is 0 Å². The Labute approximate surface area is 185 Å². The van der Waals surface area contributed by atoms with Gasteiger partial charge in [-0.25, -0.2) is 0 Å². The summed E-state index contributed by atoms with van der Waals surface area (Å²) >= 11 is 0. The summed E-state index contributed by atoms with van der Waals surface area (Å²) in [5, 5.41) is 3.53. The quantitative estimate of drug-likeness (QED) is 0.589. The van der Waals surface area contributed by atoms with E-state index in [1.807, 2.05) is 19.2 Å². The number of ether oxygens (including phenoxy) is 2. The number of guanidine groups is 1. The van der Waals surface area contributed by atoms with Gasteiger partial charge >= 0.3 is 0 Å². The minimum Gasteiger partial charge on any atom is -0.495 e. The van der Waals surface area contributed by atoms with E-state index in [1.165, 1.54) is 11.3 Å². The molecule has 2 fully saturated rings. The first-order valence-corrected chi connectivity index (χ1v) is 11.0. The Morgan fingerprint density at radius 1 is 0.935 bits per heavy atom. The van der Waals surface area contributed by atoms with Crippen molar-refractivity contribution in [2.24, 2.45) is 4.99 Å². The molecule has 2 aromatic rings. The third kappa shape index (κ3) is 5.22. The molecule has 0 aliphatic carbocycles. The number of hydrogen-bond acceptors (Lipinski definition) is 5. The van der Waals surface area contributed by atoms with Crippen LogP contribution in [0.4, 0.5) is 11.4 Å². The molecule has 0 aromatic heterocycles. The molecule has 2 saturated heterocycles. The number of para-hydroxylation sites is 2. The number of nitrogens with zero attached hydrogens (tertiary/aromatic N) is 4. The molecular formula is C24H33N5O2. The predicted molar refractivity (Wildman–Crippen MR) is 126 cm³/mol. The number of hydrogen-bond donors (Lipinski definition) is 1. The molecule has 0 unspecified atom stereocenters. The maximum absolute atomic E-state index is 5.53. The standard InChI is InChI=1S/C24H33N5O2/c1-25-24(26-19-20-7-9-21(10-8-20)27-15-17-31-18-16-27)29-13-11-28(12-14-29)22-5-3-4-6-23(22)30-2/h3-10H,11-19H2,1-2H3,(H,25,26). The van der Waals surface area contributed by atoms with E-state index in [-0.39, 0.29) is 0 Å². The van der Waals surface area contributed by atoms with Crippen molar-refractivity contribution in [3.63, 3.8) is 0 Å². The maximum Gasteiger partial charge on any atom is 0.194 e. The second-order valence-electron chi connectivity index (χ2n) is 7.81. The first kappa shape index (κ1) is 21.3. The van der Waals surface area contributed by atoms with E-state index in [1.54, 1.807) is 7.11 Å². The summed E-state index contributed by atoms with van der Waals surface area (Å²) in [6, 6.07) is 17.0. The van der Waals surface area contributed by atoms with Crippen molar-refractivity contribution >= 4 is 17.3 Å². The summed E-state index contributed by atoms with van der Waals surface area (Å²) in [5.41, 5.74) is 3.68. The molecule has 4 rings (SSSR count). The lowest BCUT2D eigenvalue weighted by Gasteiger charge is -2.38. The summed E-state index contributed by atoms with van der Waals surface area (Å²) < 4.78 is 11.0. The van der Waals surface area contributed by atoms with E-state index in [0.717, 1.165) is 76.4 Å². The Hall–Kier alpha value is -2.93. The smallest absolute Gasteiger partial charge is 0.194 e. The van der Waals surface area contributed by atoms with Crippen molar-refractivity contribution in [3.05, 3.63) is 54.1 Å². The van der Waals surface area contributed by atoms with Crippen molar-refractivity contribution < 1.29 is 9.47 Å². The highest BCUT2D eigenvalue weighted by Crippen LogP contribution is 2.28. The van der Waals surface area contributed by atoms with E-state index in [2.05, 4.69) is 61.4 Å². The topological polar surface area (TPSA) is 52.6 Å². The largest absolute Gasteiger partial charge is 0.495 e. The molecule has 2 aromatic carbocycles. The average molecular weight is 424 g/mol. The molecule has 7 heteroatoms. The van der Waals surface area contributed by atoms with Gasteiger partial charge in [0.25, 0.3) is 0 Å². The second kappa shape index (κ2) is 10.4. The summed E-state index contributed by atoms with van der Waals surface area (Å²) in [5.74, 6) is 1.89. The number of benzene rings is 2. The van der Waals surface area contributed by atoms with E-state index >= 15 is 0 Å². The first-order chi connectivity index (χ1) is 15.3. The molecule has 0 saturated carbocycles. The molecule has 2 aliphatic rings. The molecule has 0 spiro atoms. The lowest BCUT2D eigenvalue weighted by Crippen LogP contribution is -2.52. The lowest BCUT2D eigenvalue weighted by atomic mass is 10.2. The molecule has 0 atom stereocenters. The van der Waals surface area contributed by atoms with E-state index < -0.39 is 0 Å². The minimum absolute atomic E-state index is 0.767. The Morgan fingerprint density at radius 2 is 1.65 bits per heavy atom. The summed E-state index contributed by atoms with van der Waals surface area (Å²) in [4.78, 5) is 11.6. The first-order valence-electron chi connectivity index (χ1n) is 11.0. The summed E-state index contributed by atoms with van der Waals surface area (Å²) in [7, 11) is 3.59. The lowest BCUT2D eigenvalue weighted by molar-refractivity contribution is 0.122. The van der Waals surface area contributed by atoms with Gasteiger partial charge in [0, 0.05) is 58.5 Å². The fraction of sp³-hybridized carbons (Fsp3) is 0.458. The van der Waals surface area contributed by atoms with Crippen LogP contribution in [0.15, 0.2) is 53.5 Å². The van der Waals surface area contributed by atoms with Gasteiger partial charge < -0.3 is 29.5 Å². The zero-order chi connectivity index (χ0) is 21.5. The molecule has 0 bridgehead atoms. The Kier molecular flexibility index (Phi) is 7.14. The number of nitrogens with one attached hydrogen (secondary N) is 1. The monoisotopic (exact) mass is 423 g/mol. The van der Waals surface area contributed by atoms with Crippen molar-refractivity contribution in [2.75, 3.05) is 76.4 Å². The normalized spacial score (nSPS) is 17.6. The van der Waals surface area contributed by atoms with Crippen LogP contribution in [0, 0.1) is 0 Å². The highest BCUT2D eigenvalue weighted by Gasteiger charge is 2.21. The summed E-state index contributed by atoms with van der Waals surface area (Å²) in [6.07, 6.45) is 0. The molecule has 1 N–H and O–H groups in total. The van der Waals surface area contributed by atoms with E-state index in [9.17, 15) is 0 Å². The van der Waals surface area contributed by atoms with Gasteiger partial charge in [0.05, 0.1) is 26.0 Å². The van der Waals surface area contributed by atoms with Gasteiger partial charge in [0.15, 0.2) is 5.96 Å². The number of morpholine rings is 1. The third-order valence-corrected chi connectivity index (χ3v) is 5.98. The molecule has 0 amide bonds. The molecule has 166 valence electrons. The zero-order valence-corrected chi connectivity index (χ0v) is 18.6. The van der Waals surface area contributed by atoms with E-state index in [0.29, 0.717) is 0 Å². The molecule has 31 heavy (non-hydrogen) atoms. The van der Waals surface area contributed by atoms with Gasteiger partial charge in [0.2, 0.25) is 0 Å². The molecule has 0 radical (unpaired) electrons. The van der Waals surface area contributed by atoms with Crippen LogP contribution in [0.1, 0.15) is 5.56 Å². The fourth-order valence-corrected chi connectivity index (χ4v) is 4.21. The van der Waals surface area contributed by atoms with Gasteiger partial charge in [-0.3, -0.25) is 4.99 Å². The Morgan fingerprint density at radius 3 is 2.32 bits per heavy atom. The van der Waals surface area contributed by atoms with Crippen LogP contribution < -0.4 is 19.9 Å². The minimum atomic E-state index is 0.767. The SMILES string of the molecule is CN=C(NCc1ccc(N2CCOCC2)cc1)N1CCN(c2ccccc2OC)CC1. The predicted octanol–water partition coefficient (Wildman–Crippen LogP) is 2.43. The number of rotatable bonds is 5. The Bertz CT molecular complexity index is 857. The van der Waals surface area contributed by atoms with Crippen molar-refractivity contribution in [2.45, 2.75) is 6.54 Å². The second-order valence-corrected chi connectivity index (χ2v) is 7.81. The van der Waals surface area contributed by atoms with Crippen LogP contribution in [0.2, 0.25) is 0 Å². The van der Waals surface area contributed by atoms with Crippen LogP contribution in [0.5, 0.6) is 5.75 Å². The number of aliphatic imine (C=N–C) groups is 1. The van der Waals surface area contributed by atoms with Crippen LogP contribution >= 0.6 is 0 Å². The highest BCUT2D eigenvalue weighted by atomic mass is 16.5. The fourth-order valence-electron chi connectivity index (χ4n) is 4.21. The van der Waals surface area contributed by atoms with Gasteiger partial charge in [-0.2, -0.15) is 0 Å². The van der Waals surface area contributed by atoms with Gasteiger partial charge in [-0.15, -0.1) is 0 Å². The molecular weight excluding hydrogens is 390 g/mol. The third-order valence-electron chi connectivity index (χ3n) is 5.98. The van der Waals surface area contributed by atoms with Gasteiger partial charge in [-0.05, 0) is 29.8 Å². The molecule has 2 aliphatic heterocycles. The number of piperazine rings is 1. The van der Waals surface area contributed by atoms with Gasteiger partial charge in [-0.1, -0.05) is 24.3 Å². The average Bonchev–Trinajstić information content (AvgIpc) is 2.86. The van der Waals surface area contributed by atoms with Crippen molar-refractivity contribution in [1.29, 1.82) is 0 Å². The van der Waals surface area contributed by atoms with Crippen molar-refractivity contribution in [3.8, 4) is 5.75 Å². The van der Waals surface area contributed by atoms with Gasteiger partial charge in [0.1, 0.15) is 5.75 Å². The van der Waals surface area contributed by atoms with Crippen LogP contribution in [0.3, 0.4) is 0 Å². The zero-order valence-electron chi connectivity index (χ0n) is 18.6.